The number of rotatable bonds is 0. The van der Waals surface area contributed by atoms with Crippen LogP contribution in [0.1, 0.15) is 29.5 Å². The summed E-state index contributed by atoms with van der Waals surface area (Å²) < 4.78 is 6.40. The summed E-state index contributed by atoms with van der Waals surface area (Å²) in [7, 11) is 0. The summed E-state index contributed by atoms with van der Waals surface area (Å²) >= 11 is 0. The molecule has 5 rings (SSSR count). The van der Waals surface area contributed by atoms with Crippen molar-refractivity contribution in [3.8, 4) is 11.1 Å². The van der Waals surface area contributed by atoms with Crippen LogP contribution in [0.5, 0.6) is 0 Å². The Balaban J connectivity index is 1.95. The molecule has 1 fully saturated rings. The van der Waals surface area contributed by atoms with Gasteiger partial charge in [0.2, 0.25) is 0 Å². The lowest BCUT2D eigenvalue weighted by Crippen LogP contribution is -2.23. The summed E-state index contributed by atoms with van der Waals surface area (Å²) in [5, 5.41) is 2.65. The molecular formula is C21H18O. The molecule has 2 aliphatic rings. The zero-order chi connectivity index (χ0) is 14.7. The third-order valence-electron chi connectivity index (χ3n) is 5.25. The van der Waals surface area contributed by atoms with Gasteiger partial charge in [-0.05, 0) is 47.2 Å². The number of hydrogen-bond acceptors (Lipinski definition) is 1. The number of hydrogen-bond donors (Lipinski definition) is 0. The fourth-order valence-corrected chi connectivity index (χ4v) is 4.35. The van der Waals surface area contributed by atoms with E-state index in [0.717, 1.165) is 19.4 Å². The first-order valence-electron chi connectivity index (χ1n) is 8.07. The van der Waals surface area contributed by atoms with Crippen molar-refractivity contribution in [1.82, 2.24) is 0 Å². The summed E-state index contributed by atoms with van der Waals surface area (Å²) in [5.74, 6) is 0. The van der Waals surface area contributed by atoms with E-state index in [4.69, 9.17) is 4.74 Å². The molecule has 0 aromatic heterocycles. The van der Waals surface area contributed by atoms with Gasteiger partial charge in [0.25, 0.3) is 0 Å². The summed E-state index contributed by atoms with van der Waals surface area (Å²) in [4.78, 5) is 0. The molecule has 108 valence electrons. The van der Waals surface area contributed by atoms with Crippen LogP contribution in [-0.4, -0.2) is 6.61 Å². The first kappa shape index (κ1) is 12.4. The maximum absolute atomic E-state index is 6.40. The smallest absolute Gasteiger partial charge is 0.120 e. The van der Waals surface area contributed by atoms with Gasteiger partial charge in [0.1, 0.15) is 5.60 Å². The van der Waals surface area contributed by atoms with E-state index in [-0.39, 0.29) is 5.60 Å². The Labute approximate surface area is 130 Å². The zero-order valence-corrected chi connectivity index (χ0v) is 12.7. The average Bonchev–Trinajstić information content (AvgIpc) is 3.13. The van der Waals surface area contributed by atoms with Gasteiger partial charge in [-0.15, -0.1) is 0 Å². The maximum atomic E-state index is 6.40. The monoisotopic (exact) mass is 286 g/mol. The highest BCUT2D eigenvalue weighted by molar-refractivity contribution is 5.97. The maximum Gasteiger partial charge on any atom is 0.120 e. The largest absolute Gasteiger partial charge is 0.365 e. The molecule has 0 saturated carbocycles. The van der Waals surface area contributed by atoms with Crippen LogP contribution >= 0.6 is 0 Å². The first-order chi connectivity index (χ1) is 10.8. The predicted octanol–water partition coefficient (Wildman–Crippen LogP) is 5.18. The number of ether oxygens (including phenoxy) is 1. The minimum absolute atomic E-state index is 0.223. The molecule has 1 heterocycles. The second kappa shape index (κ2) is 4.21. The Hall–Kier alpha value is -2.12. The lowest BCUT2D eigenvalue weighted by molar-refractivity contribution is 0.0409. The molecule has 1 saturated heterocycles. The Morgan fingerprint density at radius 1 is 0.955 bits per heavy atom. The highest BCUT2D eigenvalue weighted by Gasteiger charge is 2.47. The topological polar surface area (TPSA) is 9.23 Å². The van der Waals surface area contributed by atoms with Gasteiger partial charge in [-0.1, -0.05) is 60.2 Å². The standard InChI is InChI=1S/C21H18O/c1-14-7-10-19-18(13-14)17-9-8-15-5-2-3-6-16(15)20(17)21(19)11-4-12-22-21/h2-3,5-10,13H,4,11-12H2,1H3. The molecular weight excluding hydrogens is 268 g/mol. The van der Waals surface area contributed by atoms with Crippen LogP contribution in [0.4, 0.5) is 0 Å². The SMILES string of the molecule is Cc1ccc2c(c1)-c1ccc3ccccc3c1C21CCCO1. The van der Waals surface area contributed by atoms with Gasteiger partial charge in [-0.25, -0.2) is 0 Å². The molecule has 1 aliphatic heterocycles. The molecule has 1 spiro atoms. The van der Waals surface area contributed by atoms with Crippen LogP contribution in [0.25, 0.3) is 21.9 Å². The summed E-state index contributed by atoms with van der Waals surface area (Å²) in [6.45, 7) is 3.03. The fraction of sp³-hybridized carbons (Fsp3) is 0.238. The summed E-state index contributed by atoms with van der Waals surface area (Å²) in [6.07, 6.45) is 2.22. The van der Waals surface area contributed by atoms with Crippen molar-refractivity contribution in [1.29, 1.82) is 0 Å². The molecule has 0 amide bonds. The number of aryl methyl sites for hydroxylation is 1. The van der Waals surface area contributed by atoms with E-state index in [1.165, 1.54) is 38.6 Å². The van der Waals surface area contributed by atoms with Gasteiger partial charge in [0, 0.05) is 12.2 Å². The second-order valence-electron chi connectivity index (χ2n) is 6.54. The van der Waals surface area contributed by atoms with E-state index in [1.54, 1.807) is 0 Å². The zero-order valence-electron chi connectivity index (χ0n) is 12.7. The molecule has 22 heavy (non-hydrogen) atoms. The van der Waals surface area contributed by atoms with Crippen LogP contribution < -0.4 is 0 Å². The first-order valence-corrected chi connectivity index (χ1v) is 8.07. The molecule has 3 aromatic carbocycles. The van der Waals surface area contributed by atoms with E-state index in [9.17, 15) is 0 Å². The molecule has 3 aromatic rings. The lowest BCUT2D eigenvalue weighted by Gasteiger charge is -2.27. The fourth-order valence-electron chi connectivity index (χ4n) is 4.35. The predicted molar refractivity (Wildman–Crippen MR) is 90.1 cm³/mol. The molecule has 0 radical (unpaired) electrons. The van der Waals surface area contributed by atoms with Crippen molar-refractivity contribution in [2.24, 2.45) is 0 Å². The van der Waals surface area contributed by atoms with Gasteiger partial charge >= 0.3 is 0 Å². The van der Waals surface area contributed by atoms with Gasteiger partial charge in [0.15, 0.2) is 0 Å². The lowest BCUT2D eigenvalue weighted by atomic mass is 9.85. The molecule has 1 atom stereocenters. The van der Waals surface area contributed by atoms with E-state index in [2.05, 4.69) is 61.5 Å². The van der Waals surface area contributed by atoms with Gasteiger partial charge in [0.05, 0.1) is 0 Å². The van der Waals surface area contributed by atoms with Crippen molar-refractivity contribution in [3.05, 3.63) is 71.3 Å². The molecule has 0 bridgehead atoms. The van der Waals surface area contributed by atoms with Gasteiger partial charge < -0.3 is 4.74 Å². The van der Waals surface area contributed by atoms with Crippen LogP contribution in [0.3, 0.4) is 0 Å². The van der Waals surface area contributed by atoms with Crippen molar-refractivity contribution < 1.29 is 4.74 Å². The summed E-state index contributed by atoms with van der Waals surface area (Å²) in [6, 6.07) is 20.0. The van der Waals surface area contributed by atoms with Crippen LogP contribution in [-0.2, 0) is 10.3 Å². The van der Waals surface area contributed by atoms with Gasteiger partial charge in [-0.2, -0.15) is 0 Å². The van der Waals surface area contributed by atoms with Gasteiger partial charge in [-0.3, -0.25) is 0 Å². The molecule has 1 nitrogen and oxygen atoms in total. The number of benzene rings is 3. The van der Waals surface area contributed by atoms with E-state index < -0.39 is 0 Å². The minimum Gasteiger partial charge on any atom is -0.365 e. The van der Waals surface area contributed by atoms with E-state index >= 15 is 0 Å². The van der Waals surface area contributed by atoms with Crippen molar-refractivity contribution >= 4 is 10.8 Å². The Bertz CT molecular complexity index is 901. The quantitative estimate of drug-likeness (QED) is 0.553. The third-order valence-corrected chi connectivity index (χ3v) is 5.25. The molecule has 0 N–H and O–H groups in total. The molecule has 1 unspecified atom stereocenters. The van der Waals surface area contributed by atoms with E-state index in [0.29, 0.717) is 0 Å². The molecule has 1 heteroatoms. The van der Waals surface area contributed by atoms with Crippen molar-refractivity contribution in [3.63, 3.8) is 0 Å². The highest BCUT2D eigenvalue weighted by Crippen LogP contribution is 2.56. The van der Waals surface area contributed by atoms with Crippen LogP contribution in [0.2, 0.25) is 0 Å². The normalized spacial score (nSPS) is 22.2. The average molecular weight is 286 g/mol. The van der Waals surface area contributed by atoms with Crippen molar-refractivity contribution in [2.75, 3.05) is 6.61 Å². The van der Waals surface area contributed by atoms with Crippen molar-refractivity contribution in [2.45, 2.75) is 25.4 Å². The molecule has 1 aliphatic carbocycles. The Kier molecular flexibility index (Phi) is 2.38. The minimum atomic E-state index is -0.223. The second-order valence-corrected chi connectivity index (χ2v) is 6.54. The van der Waals surface area contributed by atoms with Crippen LogP contribution in [0.15, 0.2) is 54.6 Å². The Morgan fingerprint density at radius 2 is 1.86 bits per heavy atom. The summed E-state index contributed by atoms with van der Waals surface area (Å²) in [5.41, 5.74) is 6.57. The third kappa shape index (κ3) is 1.42. The highest BCUT2D eigenvalue weighted by atomic mass is 16.5. The van der Waals surface area contributed by atoms with Crippen LogP contribution in [0, 0.1) is 6.92 Å². The van der Waals surface area contributed by atoms with E-state index in [1.807, 2.05) is 0 Å². The Morgan fingerprint density at radius 3 is 2.73 bits per heavy atom. The number of fused-ring (bicyclic) bond motifs is 7.